The number of aryl methyl sites for hydroxylation is 2. The first-order valence-electron chi connectivity index (χ1n) is 8.51. The minimum absolute atomic E-state index is 0.0847. The zero-order valence-electron chi connectivity index (χ0n) is 14.7. The van der Waals surface area contributed by atoms with Gasteiger partial charge in [-0.05, 0) is 30.9 Å². The lowest BCUT2D eigenvalue weighted by Crippen LogP contribution is -2.14. The third kappa shape index (κ3) is 3.00. The second kappa shape index (κ2) is 6.35. The lowest BCUT2D eigenvalue weighted by molar-refractivity contribution is 0.359. The number of halogens is 1. The smallest absolute Gasteiger partial charge is 0.277 e. The quantitative estimate of drug-likeness (QED) is 0.779. The Balaban J connectivity index is 1.85. The average Bonchev–Trinajstić information content (AvgIpc) is 3.15. The first-order valence-corrected chi connectivity index (χ1v) is 10.8. The molecule has 8 nitrogen and oxygen atoms in total. The van der Waals surface area contributed by atoms with Gasteiger partial charge in [-0.2, -0.15) is 5.10 Å². The van der Waals surface area contributed by atoms with E-state index in [2.05, 4.69) is 15.1 Å². The van der Waals surface area contributed by atoms with Crippen LogP contribution in [0.4, 0.5) is 0 Å². The van der Waals surface area contributed by atoms with Crippen LogP contribution in [0.3, 0.4) is 0 Å². The molecule has 2 aromatic rings. The Morgan fingerprint density at radius 2 is 2.15 bits per heavy atom. The Morgan fingerprint density at radius 3 is 2.85 bits per heavy atom. The summed E-state index contributed by atoms with van der Waals surface area (Å²) >= 11 is 0. The minimum Gasteiger partial charge on any atom is -0.463 e. The summed E-state index contributed by atoms with van der Waals surface area (Å²) in [4.78, 5) is 20.0. The maximum Gasteiger partial charge on any atom is 0.277 e. The summed E-state index contributed by atoms with van der Waals surface area (Å²) in [6.45, 7) is 2.04. The predicted octanol–water partition coefficient (Wildman–Crippen LogP) is 2.48. The molecule has 27 heavy (non-hydrogen) atoms. The monoisotopic (exact) mass is 408 g/mol. The molecule has 4 rings (SSSR count). The van der Waals surface area contributed by atoms with Crippen LogP contribution < -0.4 is 5.56 Å². The summed E-state index contributed by atoms with van der Waals surface area (Å²) in [5.41, 5.74) is 2.97. The second-order valence-corrected chi connectivity index (χ2v) is 9.05. The first kappa shape index (κ1) is 18.0. The van der Waals surface area contributed by atoms with Gasteiger partial charge in [-0.25, -0.2) is 13.4 Å². The molecular weight excluding hydrogens is 392 g/mol. The van der Waals surface area contributed by atoms with Crippen molar-refractivity contribution in [1.82, 2.24) is 19.7 Å². The van der Waals surface area contributed by atoms with Crippen molar-refractivity contribution in [1.29, 1.82) is 0 Å². The van der Waals surface area contributed by atoms with E-state index in [9.17, 15) is 13.2 Å². The van der Waals surface area contributed by atoms with Gasteiger partial charge in [0, 0.05) is 23.3 Å². The van der Waals surface area contributed by atoms with E-state index in [0.717, 1.165) is 35.9 Å². The summed E-state index contributed by atoms with van der Waals surface area (Å²) in [7, 11) is 3.24. The Labute approximate surface area is 159 Å². The zero-order chi connectivity index (χ0) is 19.3. The molecule has 142 valence electrons. The van der Waals surface area contributed by atoms with E-state index >= 15 is 0 Å². The summed E-state index contributed by atoms with van der Waals surface area (Å²) in [5, 5.41) is 4.41. The maximum atomic E-state index is 12.6. The summed E-state index contributed by atoms with van der Waals surface area (Å²) in [6.07, 6.45) is 5.36. The molecule has 2 aromatic heterocycles. The van der Waals surface area contributed by atoms with Crippen LogP contribution in [0.2, 0.25) is 0 Å². The topological polar surface area (TPSA) is 107 Å². The van der Waals surface area contributed by atoms with Gasteiger partial charge in [-0.15, -0.1) is 0 Å². The van der Waals surface area contributed by atoms with E-state index < -0.39 is 9.05 Å². The number of aromatic nitrogens is 4. The molecule has 0 saturated heterocycles. The predicted molar refractivity (Wildman–Crippen MR) is 101 cm³/mol. The lowest BCUT2D eigenvalue weighted by Gasteiger charge is -2.13. The number of fused-ring (bicyclic) bond motifs is 2. The van der Waals surface area contributed by atoms with Crippen LogP contribution in [0, 0.1) is 0 Å². The first-order chi connectivity index (χ1) is 12.8. The van der Waals surface area contributed by atoms with Gasteiger partial charge >= 0.3 is 0 Å². The molecule has 0 unspecified atom stereocenters. The Kier molecular flexibility index (Phi) is 4.23. The van der Waals surface area contributed by atoms with Crippen LogP contribution in [-0.2, 0) is 27.3 Å². The van der Waals surface area contributed by atoms with Crippen LogP contribution in [0.5, 0.6) is 0 Å². The molecule has 1 aliphatic carbocycles. The number of hydrogen-bond donors (Lipinski definition) is 1. The molecule has 1 N–H and O–H groups in total. The summed E-state index contributed by atoms with van der Waals surface area (Å²) in [5.74, 6) is 0.935. The Morgan fingerprint density at radius 1 is 1.37 bits per heavy atom. The molecule has 10 heteroatoms. The largest absolute Gasteiger partial charge is 0.463 e. The lowest BCUT2D eigenvalue weighted by atomic mass is 10.2. The molecule has 0 amide bonds. The van der Waals surface area contributed by atoms with Gasteiger partial charge in [0.1, 0.15) is 28.3 Å². The highest BCUT2D eigenvalue weighted by atomic mass is 35.7. The van der Waals surface area contributed by atoms with Crippen molar-refractivity contribution in [2.24, 2.45) is 7.05 Å². The molecular formula is C17H17ClN4O4S. The van der Waals surface area contributed by atoms with Gasteiger partial charge < -0.3 is 9.72 Å². The van der Waals surface area contributed by atoms with Crippen LogP contribution in [0.15, 0.2) is 33.4 Å². The molecule has 0 spiro atoms. The van der Waals surface area contributed by atoms with Crippen LogP contribution >= 0.6 is 10.7 Å². The van der Waals surface area contributed by atoms with Gasteiger partial charge in [0.25, 0.3) is 14.6 Å². The normalized spacial score (nSPS) is 17.0. The van der Waals surface area contributed by atoms with Crippen molar-refractivity contribution < 1.29 is 13.2 Å². The van der Waals surface area contributed by atoms with Crippen molar-refractivity contribution in [2.75, 3.05) is 0 Å². The highest BCUT2D eigenvalue weighted by Crippen LogP contribution is 2.41. The van der Waals surface area contributed by atoms with E-state index in [1.165, 1.54) is 6.08 Å². The van der Waals surface area contributed by atoms with Crippen molar-refractivity contribution in [3.63, 3.8) is 0 Å². The number of ether oxygens (including phenoxy) is 1. The van der Waals surface area contributed by atoms with Crippen molar-refractivity contribution >= 4 is 36.3 Å². The number of H-pyrrole nitrogens is 1. The maximum absolute atomic E-state index is 12.6. The fraction of sp³-hybridized carbons (Fsp3) is 0.353. The second-order valence-electron chi connectivity index (χ2n) is 6.49. The number of hydrogen-bond acceptors (Lipinski definition) is 6. The molecule has 0 saturated carbocycles. The fourth-order valence-electron chi connectivity index (χ4n) is 3.44. The molecule has 0 atom stereocenters. The van der Waals surface area contributed by atoms with Crippen molar-refractivity contribution in [3.8, 4) is 0 Å². The van der Waals surface area contributed by atoms with Crippen molar-refractivity contribution in [2.45, 2.75) is 32.6 Å². The number of aromatic amines is 1. The minimum atomic E-state index is -3.87. The fourth-order valence-corrected chi connectivity index (χ4v) is 4.13. The van der Waals surface area contributed by atoms with E-state index in [4.69, 9.17) is 15.4 Å². The van der Waals surface area contributed by atoms with Gasteiger partial charge in [0.2, 0.25) is 0 Å². The third-order valence-corrected chi connectivity index (χ3v) is 5.95. The van der Waals surface area contributed by atoms with Gasteiger partial charge in [0.15, 0.2) is 5.52 Å². The van der Waals surface area contributed by atoms with E-state index in [0.29, 0.717) is 35.5 Å². The van der Waals surface area contributed by atoms with Gasteiger partial charge in [-0.1, -0.05) is 13.3 Å². The summed E-state index contributed by atoms with van der Waals surface area (Å²) in [6, 6.07) is 0. The van der Waals surface area contributed by atoms with Crippen LogP contribution in [0.25, 0.3) is 16.6 Å². The Bertz CT molecular complexity index is 1220. The molecule has 0 aromatic carbocycles. The van der Waals surface area contributed by atoms with Gasteiger partial charge in [0.05, 0.1) is 5.69 Å². The third-order valence-electron chi connectivity index (χ3n) is 4.64. The highest BCUT2D eigenvalue weighted by Gasteiger charge is 2.29. The van der Waals surface area contributed by atoms with Crippen molar-refractivity contribution in [3.05, 3.63) is 50.4 Å². The molecule has 3 heterocycles. The highest BCUT2D eigenvalue weighted by molar-refractivity contribution is 8.17. The molecule has 0 radical (unpaired) electrons. The zero-order valence-corrected chi connectivity index (χ0v) is 16.3. The van der Waals surface area contributed by atoms with E-state index in [1.807, 2.05) is 6.92 Å². The number of nitrogens with zero attached hydrogens (tertiary/aromatic N) is 3. The van der Waals surface area contributed by atoms with Crippen LogP contribution in [0.1, 0.15) is 37.7 Å². The SMILES string of the molecule is CCCc1nn(C)c2c(=O)[nH]c(C3=C4OC=C(S(=O)(=O)Cl)C=C4CC3)nc12. The van der Waals surface area contributed by atoms with E-state index in [-0.39, 0.29) is 10.5 Å². The standard InChI is InChI=1S/C17H17ClN4O4S/c1-3-4-12-13-14(22(2)21-12)17(23)20-16(19-13)11-6-5-9-7-10(27(18,24)25)8-26-15(9)11/h7-8H,3-6H2,1-2H3,(H,19,20,23). The number of nitrogens with one attached hydrogen (secondary N) is 1. The van der Waals surface area contributed by atoms with Gasteiger partial charge in [-0.3, -0.25) is 9.48 Å². The number of rotatable bonds is 4. The number of allylic oxidation sites excluding steroid dienone is 3. The molecule has 1 aliphatic heterocycles. The summed E-state index contributed by atoms with van der Waals surface area (Å²) < 4.78 is 30.1. The Hall–Kier alpha value is -2.39. The van der Waals surface area contributed by atoms with E-state index in [1.54, 1.807) is 11.7 Å². The molecule has 0 bridgehead atoms. The average molecular weight is 409 g/mol. The molecule has 2 aliphatic rings. The van der Waals surface area contributed by atoms with Crippen LogP contribution in [-0.4, -0.2) is 28.2 Å². The molecule has 0 fully saturated rings.